The number of aromatic nitrogens is 2. The molecule has 0 fully saturated rings. The molecule has 9 heteroatoms. The van der Waals surface area contributed by atoms with Gasteiger partial charge in [-0.25, -0.2) is 8.78 Å². The van der Waals surface area contributed by atoms with Gasteiger partial charge in [-0.1, -0.05) is 43.4 Å². The quantitative estimate of drug-likeness (QED) is 0.441. The Hall–Kier alpha value is -3.46. The minimum absolute atomic E-state index is 0.0162. The highest BCUT2D eigenvalue weighted by atomic mass is 32.1. The summed E-state index contributed by atoms with van der Waals surface area (Å²) >= 11 is 1.21. The van der Waals surface area contributed by atoms with Crippen LogP contribution >= 0.6 is 11.3 Å². The number of hydrogen-bond acceptors (Lipinski definition) is 6. The first-order valence-electron chi connectivity index (χ1n) is 10.0. The number of anilines is 1. The summed E-state index contributed by atoms with van der Waals surface area (Å²) in [4.78, 5) is 28.0. The summed E-state index contributed by atoms with van der Waals surface area (Å²) in [5.41, 5.74) is -0.436. The summed E-state index contributed by atoms with van der Waals surface area (Å²) in [7, 11) is 0. The van der Waals surface area contributed by atoms with Crippen molar-refractivity contribution in [1.29, 1.82) is 0 Å². The highest BCUT2D eigenvalue weighted by Crippen LogP contribution is 2.42. The van der Waals surface area contributed by atoms with Crippen molar-refractivity contribution in [2.24, 2.45) is 5.92 Å². The van der Waals surface area contributed by atoms with Gasteiger partial charge in [-0.05, 0) is 30.2 Å². The summed E-state index contributed by atoms with van der Waals surface area (Å²) < 4.78 is 34.5. The monoisotopic (exact) mass is 453 g/mol. The van der Waals surface area contributed by atoms with Crippen LogP contribution in [0.15, 0.2) is 51.7 Å². The van der Waals surface area contributed by atoms with Crippen LogP contribution in [0.2, 0.25) is 0 Å². The molecule has 1 aliphatic heterocycles. The van der Waals surface area contributed by atoms with E-state index in [1.807, 2.05) is 13.8 Å². The second kappa shape index (κ2) is 7.59. The van der Waals surface area contributed by atoms with Gasteiger partial charge >= 0.3 is 0 Å². The first-order chi connectivity index (χ1) is 15.3. The number of nitrogens with zero attached hydrogens (tertiary/aromatic N) is 3. The average Bonchev–Trinajstić information content (AvgIpc) is 3.31. The van der Waals surface area contributed by atoms with E-state index in [0.717, 1.165) is 17.1 Å². The minimum atomic E-state index is -1.11. The predicted octanol–water partition coefficient (Wildman–Crippen LogP) is 4.87. The fourth-order valence-electron chi connectivity index (χ4n) is 3.91. The lowest BCUT2D eigenvalue weighted by Gasteiger charge is -2.22. The molecule has 32 heavy (non-hydrogen) atoms. The molecule has 1 atom stereocenters. The molecule has 5 rings (SSSR count). The Balaban J connectivity index is 1.76. The molecular weight excluding hydrogens is 436 g/mol. The average molecular weight is 453 g/mol. The van der Waals surface area contributed by atoms with Crippen LogP contribution in [0.1, 0.15) is 46.6 Å². The van der Waals surface area contributed by atoms with Crippen LogP contribution in [-0.2, 0) is 6.42 Å². The van der Waals surface area contributed by atoms with Crippen molar-refractivity contribution in [1.82, 2.24) is 10.2 Å². The number of carbonyl (C=O) groups excluding carboxylic acids is 1. The van der Waals surface area contributed by atoms with Gasteiger partial charge < -0.3 is 4.42 Å². The lowest BCUT2D eigenvalue weighted by Crippen LogP contribution is -2.30. The lowest BCUT2D eigenvalue weighted by molar-refractivity contribution is 0.0970. The molecule has 1 amide bonds. The Morgan fingerprint density at radius 1 is 1.12 bits per heavy atom. The molecule has 6 nitrogen and oxygen atoms in total. The van der Waals surface area contributed by atoms with Crippen LogP contribution < -0.4 is 10.3 Å². The van der Waals surface area contributed by atoms with Crippen molar-refractivity contribution in [3.05, 3.63) is 86.2 Å². The number of carbonyl (C=O) groups is 1. The highest BCUT2D eigenvalue weighted by molar-refractivity contribution is 7.15. The largest absolute Gasteiger partial charge is 0.450 e. The first-order valence-corrected chi connectivity index (χ1v) is 10.8. The molecule has 1 unspecified atom stereocenters. The molecule has 4 aromatic rings. The van der Waals surface area contributed by atoms with Crippen LogP contribution in [0.4, 0.5) is 13.9 Å². The third-order valence-electron chi connectivity index (χ3n) is 5.28. The summed E-state index contributed by atoms with van der Waals surface area (Å²) in [5.74, 6) is -1.70. The molecule has 1 aliphatic rings. The molecule has 0 N–H and O–H groups in total. The van der Waals surface area contributed by atoms with Gasteiger partial charge in [-0.15, -0.1) is 10.2 Å². The highest BCUT2D eigenvalue weighted by Gasteiger charge is 2.46. The van der Waals surface area contributed by atoms with Crippen molar-refractivity contribution in [2.75, 3.05) is 4.90 Å². The molecule has 0 aliphatic carbocycles. The topological polar surface area (TPSA) is 76.3 Å². The number of halogens is 2. The van der Waals surface area contributed by atoms with E-state index in [9.17, 15) is 18.4 Å². The van der Waals surface area contributed by atoms with Crippen molar-refractivity contribution < 1.29 is 18.0 Å². The van der Waals surface area contributed by atoms with E-state index in [1.165, 1.54) is 40.5 Å². The van der Waals surface area contributed by atoms with E-state index >= 15 is 0 Å². The third kappa shape index (κ3) is 3.20. The van der Waals surface area contributed by atoms with Crippen molar-refractivity contribution in [3.63, 3.8) is 0 Å². The predicted molar refractivity (Wildman–Crippen MR) is 116 cm³/mol. The zero-order chi connectivity index (χ0) is 22.6. The number of benzene rings is 2. The normalized spacial score (nSPS) is 15.7. The SMILES string of the molecule is CC(C)Cc1nnc(N2C(=O)c3oc4ccc(F)cc4c(=O)c3C2c2ccccc2F)s1. The lowest BCUT2D eigenvalue weighted by atomic mass is 9.98. The van der Waals surface area contributed by atoms with Crippen LogP contribution in [0.25, 0.3) is 11.0 Å². The molecule has 162 valence electrons. The van der Waals surface area contributed by atoms with E-state index in [0.29, 0.717) is 12.3 Å². The van der Waals surface area contributed by atoms with E-state index in [1.54, 1.807) is 6.07 Å². The van der Waals surface area contributed by atoms with E-state index < -0.39 is 29.0 Å². The number of rotatable bonds is 4. The first kappa shape index (κ1) is 20.4. The molecule has 0 saturated heterocycles. The molecular formula is C23H17F2N3O3S. The maximum Gasteiger partial charge on any atom is 0.297 e. The second-order valence-electron chi connectivity index (χ2n) is 7.99. The van der Waals surface area contributed by atoms with Gasteiger partial charge in [0.25, 0.3) is 5.91 Å². The Labute approximate surface area is 185 Å². The summed E-state index contributed by atoms with van der Waals surface area (Å²) in [6.07, 6.45) is 0.664. The third-order valence-corrected chi connectivity index (χ3v) is 6.22. The molecule has 2 aromatic heterocycles. The maximum absolute atomic E-state index is 14.9. The summed E-state index contributed by atoms with van der Waals surface area (Å²) in [6, 6.07) is 8.28. The van der Waals surface area contributed by atoms with Crippen LogP contribution in [-0.4, -0.2) is 16.1 Å². The van der Waals surface area contributed by atoms with Crippen LogP contribution in [0, 0.1) is 17.6 Å². The van der Waals surface area contributed by atoms with Gasteiger partial charge in [-0.2, -0.15) is 0 Å². The molecule has 3 heterocycles. The van der Waals surface area contributed by atoms with Crippen molar-refractivity contribution in [2.45, 2.75) is 26.3 Å². The molecule has 0 saturated carbocycles. The van der Waals surface area contributed by atoms with Crippen LogP contribution in [0.5, 0.6) is 0 Å². The van der Waals surface area contributed by atoms with E-state index in [-0.39, 0.29) is 33.0 Å². The van der Waals surface area contributed by atoms with E-state index in [2.05, 4.69) is 10.2 Å². The van der Waals surface area contributed by atoms with Crippen molar-refractivity contribution in [3.8, 4) is 0 Å². The van der Waals surface area contributed by atoms with Gasteiger partial charge in [0.15, 0.2) is 5.43 Å². The summed E-state index contributed by atoms with van der Waals surface area (Å²) in [6.45, 7) is 4.07. The van der Waals surface area contributed by atoms with Gasteiger partial charge in [0.1, 0.15) is 28.3 Å². The van der Waals surface area contributed by atoms with E-state index in [4.69, 9.17) is 4.42 Å². The standard InChI is InChI=1S/C23H17F2N3O3S/c1-11(2)9-17-26-27-23(32-17)28-19(13-5-3-4-6-15(13)25)18-20(29)14-10-12(24)7-8-16(14)31-21(18)22(28)30/h3-8,10-11,19H,9H2,1-2H3. The molecule has 2 aromatic carbocycles. The second-order valence-corrected chi connectivity index (χ2v) is 9.03. The Morgan fingerprint density at radius 3 is 2.66 bits per heavy atom. The fraction of sp³-hybridized carbons (Fsp3) is 0.217. The number of fused-ring (bicyclic) bond motifs is 2. The maximum atomic E-state index is 14.9. The van der Waals surface area contributed by atoms with Crippen LogP contribution in [0.3, 0.4) is 0 Å². The van der Waals surface area contributed by atoms with Gasteiger partial charge in [0, 0.05) is 12.0 Å². The van der Waals surface area contributed by atoms with Gasteiger partial charge in [-0.3, -0.25) is 14.5 Å². The minimum Gasteiger partial charge on any atom is -0.450 e. The summed E-state index contributed by atoms with van der Waals surface area (Å²) in [5, 5.41) is 9.25. The Bertz CT molecular complexity index is 1430. The van der Waals surface area contributed by atoms with Gasteiger partial charge in [0.05, 0.1) is 10.9 Å². The zero-order valence-corrected chi connectivity index (χ0v) is 18.0. The fourth-order valence-corrected chi connectivity index (χ4v) is 4.98. The Morgan fingerprint density at radius 2 is 1.91 bits per heavy atom. The smallest absolute Gasteiger partial charge is 0.297 e. The number of hydrogen-bond donors (Lipinski definition) is 0. The molecule has 0 bridgehead atoms. The molecule has 0 radical (unpaired) electrons. The number of amides is 1. The molecule has 0 spiro atoms. The van der Waals surface area contributed by atoms with Gasteiger partial charge in [0.2, 0.25) is 10.9 Å². The Kier molecular flexibility index (Phi) is 4.85. The zero-order valence-electron chi connectivity index (χ0n) is 17.1. The van der Waals surface area contributed by atoms with Crippen molar-refractivity contribution >= 4 is 33.3 Å².